The summed E-state index contributed by atoms with van der Waals surface area (Å²) in [6.45, 7) is 1.43. The third-order valence-corrected chi connectivity index (χ3v) is 4.74. The van der Waals surface area contributed by atoms with E-state index in [1.165, 1.54) is 0 Å². The first-order valence-electron chi connectivity index (χ1n) is 10.0. The van der Waals surface area contributed by atoms with E-state index >= 15 is 0 Å². The van der Waals surface area contributed by atoms with E-state index < -0.39 is 0 Å². The molecule has 2 aromatic heterocycles. The first-order chi connectivity index (χ1) is 15.1. The quantitative estimate of drug-likeness (QED) is 0.413. The number of rotatable bonds is 9. The predicted molar refractivity (Wildman–Crippen MR) is 118 cm³/mol. The summed E-state index contributed by atoms with van der Waals surface area (Å²) < 4.78 is 16.0. The average molecular weight is 425 g/mol. The second kappa shape index (κ2) is 11.0. The average Bonchev–Trinajstić information content (AvgIpc) is 3.29. The maximum absolute atomic E-state index is 5.38. The molecule has 0 fully saturated rings. The molecule has 0 aliphatic heterocycles. The van der Waals surface area contributed by atoms with E-state index in [0.717, 1.165) is 36.0 Å². The summed E-state index contributed by atoms with van der Waals surface area (Å²) in [6, 6.07) is 11.5. The van der Waals surface area contributed by atoms with E-state index in [0.29, 0.717) is 30.4 Å². The van der Waals surface area contributed by atoms with Crippen molar-refractivity contribution in [3.8, 4) is 23.1 Å². The molecule has 9 heteroatoms. The number of aromatic nitrogens is 3. The molecule has 0 unspecified atom stereocenters. The Morgan fingerprint density at radius 3 is 2.68 bits per heavy atom. The fourth-order valence-corrected chi connectivity index (χ4v) is 3.06. The second-order valence-corrected chi connectivity index (χ2v) is 6.82. The van der Waals surface area contributed by atoms with Gasteiger partial charge in [-0.3, -0.25) is 9.98 Å². The summed E-state index contributed by atoms with van der Waals surface area (Å²) in [7, 11) is 7.05. The number of likely N-dealkylation sites (N-methyl/N-ethyl adjacent to an activating group) is 1. The van der Waals surface area contributed by atoms with E-state index in [1.807, 2.05) is 43.4 Å². The molecule has 3 aromatic rings. The highest BCUT2D eigenvalue weighted by Gasteiger charge is 2.11. The van der Waals surface area contributed by atoms with Crippen LogP contribution in [0.3, 0.4) is 0 Å². The van der Waals surface area contributed by atoms with Gasteiger partial charge < -0.3 is 24.2 Å². The van der Waals surface area contributed by atoms with Crippen molar-refractivity contribution in [1.82, 2.24) is 25.3 Å². The zero-order valence-electron chi connectivity index (χ0n) is 18.3. The van der Waals surface area contributed by atoms with Crippen LogP contribution < -0.4 is 14.8 Å². The van der Waals surface area contributed by atoms with Crippen LogP contribution in [0.2, 0.25) is 0 Å². The zero-order valence-corrected chi connectivity index (χ0v) is 18.3. The Labute approximate surface area is 182 Å². The first-order valence-corrected chi connectivity index (χ1v) is 10.0. The molecular formula is C22H28N6O3. The highest BCUT2D eigenvalue weighted by molar-refractivity contribution is 5.79. The van der Waals surface area contributed by atoms with Crippen LogP contribution in [0.15, 0.2) is 52.1 Å². The smallest absolute Gasteiger partial charge is 0.276 e. The largest absolute Gasteiger partial charge is 0.493 e. The summed E-state index contributed by atoms with van der Waals surface area (Å²) >= 11 is 0. The molecule has 0 radical (unpaired) electrons. The standard InChI is InChI=1S/C22H28N6O3/c1-23-22(28(2)14-11-16-8-9-18(29-3)19(15-16)30-4)25-13-10-20-26-21(31-27-20)17-7-5-6-12-24-17/h5-9,12,15H,10-11,13-14H2,1-4H3,(H,23,25). The van der Waals surface area contributed by atoms with Gasteiger partial charge in [-0.2, -0.15) is 4.98 Å². The molecule has 1 N–H and O–H groups in total. The van der Waals surface area contributed by atoms with Gasteiger partial charge in [0, 0.05) is 39.8 Å². The van der Waals surface area contributed by atoms with Crippen molar-refractivity contribution in [2.45, 2.75) is 12.8 Å². The van der Waals surface area contributed by atoms with Crippen LogP contribution in [0, 0.1) is 0 Å². The molecule has 164 valence electrons. The van der Waals surface area contributed by atoms with E-state index in [4.69, 9.17) is 14.0 Å². The fourth-order valence-electron chi connectivity index (χ4n) is 3.06. The Balaban J connectivity index is 1.48. The molecule has 0 atom stereocenters. The van der Waals surface area contributed by atoms with Crippen LogP contribution in [0.1, 0.15) is 11.4 Å². The highest BCUT2D eigenvalue weighted by Crippen LogP contribution is 2.27. The van der Waals surface area contributed by atoms with Gasteiger partial charge in [-0.25, -0.2) is 0 Å². The van der Waals surface area contributed by atoms with Crippen LogP contribution in [-0.4, -0.2) is 67.4 Å². The molecule has 0 saturated heterocycles. The molecule has 0 spiro atoms. The summed E-state index contributed by atoms with van der Waals surface area (Å²) in [5, 5.41) is 7.36. The third kappa shape index (κ3) is 5.94. The first kappa shape index (κ1) is 22.1. The van der Waals surface area contributed by atoms with Crippen LogP contribution in [0.5, 0.6) is 11.5 Å². The minimum Gasteiger partial charge on any atom is -0.493 e. The molecule has 0 aliphatic rings. The second-order valence-electron chi connectivity index (χ2n) is 6.82. The van der Waals surface area contributed by atoms with Crippen molar-refractivity contribution < 1.29 is 14.0 Å². The van der Waals surface area contributed by atoms with Crippen molar-refractivity contribution in [2.75, 3.05) is 41.4 Å². The third-order valence-electron chi connectivity index (χ3n) is 4.74. The monoisotopic (exact) mass is 424 g/mol. The Kier molecular flexibility index (Phi) is 7.80. The topological polar surface area (TPSA) is 97.9 Å². The van der Waals surface area contributed by atoms with Gasteiger partial charge in [-0.05, 0) is 36.2 Å². The Morgan fingerprint density at radius 2 is 1.97 bits per heavy atom. The lowest BCUT2D eigenvalue weighted by Crippen LogP contribution is -2.40. The van der Waals surface area contributed by atoms with Gasteiger partial charge in [0.25, 0.3) is 5.89 Å². The van der Waals surface area contributed by atoms with E-state index in [-0.39, 0.29) is 0 Å². The van der Waals surface area contributed by atoms with E-state index in [9.17, 15) is 0 Å². The molecule has 0 amide bonds. The normalized spacial score (nSPS) is 11.3. The SMILES string of the molecule is CN=C(NCCc1noc(-c2ccccn2)n1)N(C)CCc1ccc(OC)c(OC)c1. The lowest BCUT2D eigenvalue weighted by Gasteiger charge is -2.22. The Morgan fingerprint density at radius 1 is 1.13 bits per heavy atom. The fraction of sp³-hybridized carbons (Fsp3) is 0.364. The van der Waals surface area contributed by atoms with Gasteiger partial charge in [-0.15, -0.1) is 0 Å². The van der Waals surface area contributed by atoms with Gasteiger partial charge in [0.2, 0.25) is 0 Å². The molecule has 3 rings (SSSR count). The van der Waals surface area contributed by atoms with E-state index in [2.05, 4.69) is 30.3 Å². The molecule has 1 aromatic carbocycles. The zero-order chi connectivity index (χ0) is 22.1. The number of methoxy groups -OCH3 is 2. The summed E-state index contributed by atoms with van der Waals surface area (Å²) in [5.74, 6) is 3.30. The summed E-state index contributed by atoms with van der Waals surface area (Å²) in [4.78, 5) is 15.1. The highest BCUT2D eigenvalue weighted by atomic mass is 16.5. The maximum atomic E-state index is 5.38. The van der Waals surface area contributed by atoms with Crippen molar-refractivity contribution in [1.29, 1.82) is 0 Å². The number of aliphatic imine (C=N–C) groups is 1. The number of pyridine rings is 1. The summed E-state index contributed by atoms with van der Waals surface area (Å²) in [5.41, 5.74) is 1.83. The van der Waals surface area contributed by atoms with Crippen LogP contribution in [0.25, 0.3) is 11.6 Å². The molecule has 0 bridgehead atoms. The van der Waals surface area contributed by atoms with Crippen molar-refractivity contribution in [2.24, 2.45) is 4.99 Å². The molecule has 2 heterocycles. The van der Waals surface area contributed by atoms with Gasteiger partial charge in [0.1, 0.15) is 5.69 Å². The number of nitrogens with one attached hydrogen (secondary N) is 1. The summed E-state index contributed by atoms with van der Waals surface area (Å²) in [6.07, 6.45) is 3.15. The van der Waals surface area contributed by atoms with Crippen LogP contribution in [-0.2, 0) is 12.8 Å². The molecular weight excluding hydrogens is 396 g/mol. The minimum atomic E-state index is 0.423. The van der Waals surface area contributed by atoms with Gasteiger partial charge in [0.05, 0.1) is 14.2 Å². The van der Waals surface area contributed by atoms with Crippen molar-refractivity contribution in [3.63, 3.8) is 0 Å². The number of guanidine groups is 1. The Hall–Kier alpha value is -3.62. The lowest BCUT2D eigenvalue weighted by molar-refractivity contribution is 0.354. The minimum absolute atomic E-state index is 0.423. The van der Waals surface area contributed by atoms with Crippen molar-refractivity contribution in [3.05, 3.63) is 54.0 Å². The number of ether oxygens (including phenoxy) is 2. The number of hydrogen-bond donors (Lipinski definition) is 1. The molecule has 0 aliphatic carbocycles. The van der Waals surface area contributed by atoms with Gasteiger partial charge in [0.15, 0.2) is 23.3 Å². The predicted octanol–water partition coefficient (Wildman–Crippen LogP) is 2.44. The van der Waals surface area contributed by atoms with Crippen LogP contribution >= 0.6 is 0 Å². The molecule has 0 saturated carbocycles. The van der Waals surface area contributed by atoms with Gasteiger partial charge >= 0.3 is 0 Å². The molecule has 31 heavy (non-hydrogen) atoms. The lowest BCUT2D eigenvalue weighted by atomic mass is 10.1. The number of nitrogens with zero attached hydrogens (tertiary/aromatic N) is 5. The van der Waals surface area contributed by atoms with Gasteiger partial charge in [-0.1, -0.05) is 17.3 Å². The van der Waals surface area contributed by atoms with Crippen molar-refractivity contribution >= 4 is 5.96 Å². The molecule has 9 nitrogen and oxygen atoms in total. The van der Waals surface area contributed by atoms with E-state index in [1.54, 1.807) is 27.5 Å². The maximum Gasteiger partial charge on any atom is 0.276 e. The van der Waals surface area contributed by atoms with Crippen LogP contribution in [0.4, 0.5) is 0 Å². The Bertz CT molecular complexity index is 990. The number of hydrogen-bond acceptors (Lipinski definition) is 7. The number of benzene rings is 1.